The highest BCUT2D eigenvalue weighted by atomic mass is 16.5. The van der Waals surface area contributed by atoms with Crippen molar-refractivity contribution in [2.24, 2.45) is 0 Å². The Morgan fingerprint density at radius 1 is 1.17 bits per heavy atom. The van der Waals surface area contributed by atoms with E-state index in [0.717, 1.165) is 11.3 Å². The van der Waals surface area contributed by atoms with Crippen LogP contribution in [0.25, 0.3) is 0 Å². The Morgan fingerprint density at radius 2 is 1.83 bits per heavy atom. The number of hydrogen-bond acceptors (Lipinski definition) is 4. The zero-order valence-electron chi connectivity index (χ0n) is 10.1. The van der Waals surface area contributed by atoms with Gasteiger partial charge < -0.3 is 10.1 Å². The minimum Gasteiger partial charge on any atom is -0.465 e. The van der Waals surface area contributed by atoms with E-state index in [4.69, 9.17) is 0 Å². The monoisotopic (exact) mass is 242 g/mol. The van der Waals surface area contributed by atoms with E-state index in [1.54, 1.807) is 24.5 Å². The third-order valence-corrected chi connectivity index (χ3v) is 2.55. The van der Waals surface area contributed by atoms with E-state index in [9.17, 15) is 4.79 Å². The van der Waals surface area contributed by atoms with E-state index in [2.05, 4.69) is 15.0 Å². The quantitative estimate of drug-likeness (QED) is 0.837. The molecule has 2 rings (SSSR count). The van der Waals surface area contributed by atoms with E-state index >= 15 is 0 Å². The van der Waals surface area contributed by atoms with Crippen LogP contribution in [0, 0.1) is 0 Å². The van der Waals surface area contributed by atoms with Crippen molar-refractivity contribution in [1.29, 1.82) is 0 Å². The van der Waals surface area contributed by atoms with Gasteiger partial charge in [-0.05, 0) is 29.8 Å². The van der Waals surface area contributed by atoms with Gasteiger partial charge in [-0.25, -0.2) is 4.79 Å². The fourth-order valence-electron chi connectivity index (χ4n) is 1.55. The Kier molecular flexibility index (Phi) is 3.91. The number of pyridine rings is 1. The van der Waals surface area contributed by atoms with Gasteiger partial charge in [0.05, 0.1) is 12.7 Å². The first-order valence-corrected chi connectivity index (χ1v) is 5.61. The standard InChI is InChI=1S/C14H14N2O2/c1-18-14(17)12-4-2-11(3-5-12)10-16-13-6-8-15-9-7-13/h2-9H,10H2,1H3,(H,15,16). The Hall–Kier alpha value is -2.36. The number of anilines is 1. The smallest absolute Gasteiger partial charge is 0.337 e. The zero-order valence-corrected chi connectivity index (χ0v) is 10.1. The lowest BCUT2D eigenvalue weighted by molar-refractivity contribution is 0.0600. The molecule has 1 aromatic heterocycles. The molecule has 0 saturated carbocycles. The summed E-state index contributed by atoms with van der Waals surface area (Å²) in [5.41, 5.74) is 2.67. The van der Waals surface area contributed by atoms with Gasteiger partial charge in [-0.15, -0.1) is 0 Å². The first kappa shape index (κ1) is 12.1. The molecule has 0 bridgehead atoms. The number of benzene rings is 1. The fraction of sp³-hybridized carbons (Fsp3) is 0.143. The summed E-state index contributed by atoms with van der Waals surface area (Å²) in [5, 5.41) is 3.27. The average Bonchev–Trinajstić information content (AvgIpc) is 2.46. The predicted octanol–water partition coefficient (Wildman–Crippen LogP) is 2.48. The molecule has 0 unspecified atom stereocenters. The highest BCUT2D eigenvalue weighted by molar-refractivity contribution is 5.89. The molecule has 0 saturated heterocycles. The van der Waals surface area contributed by atoms with Crippen LogP contribution in [0.3, 0.4) is 0 Å². The number of rotatable bonds is 4. The molecule has 1 heterocycles. The lowest BCUT2D eigenvalue weighted by atomic mass is 10.1. The first-order chi connectivity index (χ1) is 8.79. The molecule has 1 N–H and O–H groups in total. The number of ether oxygens (including phenoxy) is 1. The molecule has 0 aliphatic heterocycles. The van der Waals surface area contributed by atoms with Crippen molar-refractivity contribution in [1.82, 2.24) is 4.98 Å². The third kappa shape index (κ3) is 3.07. The first-order valence-electron chi connectivity index (χ1n) is 5.61. The van der Waals surface area contributed by atoms with Gasteiger partial charge in [0.25, 0.3) is 0 Å². The van der Waals surface area contributed by atoms with Crippen LogP contribution < -0.4 is 5.32 Å². The predicted molar refractivity (Wildman–Crippen MR) is 69.3 cm³/mol. The normalized spacial score (nSPS) is 9.83. The highest BCUT2D eigenvalue weighted by Gasteiger charge is 2.03. The number of aromatic nitrogens is 1. The second kappa shape index (κ2) is 5.82. The lowest BCUT2D eigenvalue weighted by Crippen LogP contribution is -2.03. The van der Waals surface area contributed by atoms with Crippen molar-refractivity contribution >= 4 is 11.7 Å². The minimum atomic E-state index is -0.316. The van der Waals surface area contributed by atoms with Crippen molar-refractivity contribution in [3.8, 4) is 0 Å². The molecule has 0 radical (unpaired) electrons. The SMILES string of the molecule is COC(=O)c1ccc(CNc2ccncc2)cc1. The van der Waals surface area contributed by atoms with Gasteiger partial charge in [-0.3, -0.25) is 4.98 Å². The maximum absolute atomic E-state index is 11.3. The molecule has 0 aliphatic carbocycles. The van der Waals surface area contributed by atoms with Crippen LogP contribution in [0.1, 0.15) is 15.9 Å². The summed E-state index contributed by atoms with van der Waals surface area (Å²) in [4.78, 5) is 15.2. The van der Waals surface area contributed by atoms with Gasteiger partial charge in [0, 0.05) is 24.6 Å². The van der Waals surface area contributed by atoms with Crippen LogP contribution in [0.2, 0.25) is 0 Å². The second-order valence-corrected chi connectivity index (χ2v) is 3.78. The van der Waals surface area contributed by atoms with Crippen LogP contribution in [0.5, 0.6) is 0 Å². The molecule has 18 heavy (non-hydrogen) atoms. The van der Waals surface area contributed by atoms with Crippen LogP contribution in [0.15, 0.2) is 48.8 Å². The molecule has 1 aromatic carbocycles. The molecular formula is C14H14N2O2. The summed E-state index contributed by atoms with van der Waals surface area (Å²) in [6.07, 6.45) is 3.48. The van der Waals surface area contributed by atoms with Crippen molar-refractivity contribution in [3.63, 3.8) is 0 Å². The van der Waals surface area contributed by atoms with Crippen molar-refractivity contribution in [3.05, 3.63) is 59.9 Å². The lowest BCUT2D eigenvalue weighted by Gasteiger charge is -2.06. The van der Waals surface area contributed by atoms with Crippen LogP contribution in [-0.2, 0) is 11.3 Å². The molecule has 4 nitrogen and oxygen atoms in total. The molecule has 2 aromatic rings. The fourth-order valence-corrected chi connectivity index (χ4v) is 1.55. The summed E-state index contributed by atoms with van der Waals surface area (Å²) in [7, 11) is 1.38. The van der Waals surface area contributed by atoms with Crippen molar-refractivity contribution < 1.29 is 9.53 Å². The number of methoxy groups -OCH3 is 1. The Morgan fingerprint density at radius 3 is 2.44 bits per heavy atom. The van der Waals surface area contributed by atoms with Gasteiger partial charge >= 0.3 is 5.97 Å². The number of carbonyl (C=O) groups excluding carboxylic acids is 1. The maximum atomic E-state index is 11.3. The Labute approximate surface area is 106 Å². The molecular weight excluding hydrogens is 228 g/mol. The van der Waals surface area contributed by atoms with E-state index < -0.39 is 0 Å². The van der Waals surface area contributed by atoms with Gasteiger partial charge in [-0.1, -0.05) is 12.1 Å². The number of carbonyl (C=O) groups is 1. The summed E-state index contributed by atoms with van der Waals surface area (Å²) >= 11 is 0. The summed E-state index contributed by atoms with van der Waals surface area (Å²) in [6.45, 7) is 0.700. The molecule has 4 heteroatoms. The van der Waals surface area contributed by atoms with Crippen LogP contribution >= 0.6 is 0 Å². The molecule has 0 aliphatic rings. The topological polar surface area (TPSA) is 51.2 Å². The van der Waals surface area contributed by atoms with E-state index in [-0.39, 0.29) is 5.97 Å². The number of nitrogens with one attached hydrogen (secondary N) is 1. The zero-order chi connectivity index (χ0) is 12.8. The van der Waals surface area contributed by atoms with Crippen molar-refractivity contribution in [2.75, 3.05) is 12.4 Å². The van der Waals surface area contributed by atoms with Crippen LogP contribution in [0.4, 0.5) is 5.69 Å². The Bertz CT molecular complexity index is 509. The van der Waals surface area contributed by atoms with Crippen molar-refractivity contribution in [2.45, 2.75) is 6.54 Å². The average molecular weight is 242 g/mol. The van der Waals surface area contributed by atoms with Crippen LogP contribution in [-0.4, -0.2) is 18.1 Å². The number of esters is 1. The Balaban J connectivity index is 1.97. The molecule has 0 atom stereocenters. The number of hydrogen-bond donors (Lipinski definition) is 1. The minimum absolute atomic E-state index is 0.316. The third-order valence-electron chi connectivity index (χ3n) is 2.55. The van der Waals surface area contributed by atoms with Gasteiger partial charge in [0.2, 0.25) is 0 Å². The van der Waals surface area contributed by atoms with Gasteiger partial charge in [-0.2, -0.15) is 0 Å². The molecule has 0 spiro atoms. The van der Waals surface area contributed by atoms with E-state index in [0.29, 0.717) is 12.1 Å². The van der Waals surface area contributed by atoms with E-state index in [1.165, 1.54) is 7.11 Å². The van der Waals surface area contributed by atoms with E-state index in [1.807, 2.05) is 24.3 Å². The summed E-state index contributed by atoms with van der Waals surface area (Å²) < 4.78 is 4.64. The highest BCUT2D eigenvalue weighted by Crippen LogP contribution is 2.09. The van der Waals surface area contributed by atoms with Gasteiger partial charge in [0.1, 0.15) is 0 Å². The molecule has 92 valence electrons. The summed E-state index contributed by atoms with van der Waals surface area (Å²) in [6, 6.07) is 11.1. The molecule has 0 fully saturated rings. The largest absolute Gasteiger partial charge is 0.465 e. The number of nitrogens with zero attached hydrogens (tertiary/aromatic N) is 1. The maximum Gasteiger partial charge on any atom is 0.337 e. The molecule has 0 amide bonds. The second-order valence-electron chi connectivity index (χ2n) is 3.78. The summed E-state index contributed by atoms with van der Waals surface area (Å²) in [5.74, 6) is -0.316. The van der Waals surface area contributed by atoms with Gasteiger partial charge in [0.15, 0.2) is 0 Å².